The molecule has 0 spiro atoms. The summed E-state index contributed by atoms with van der Waals surface area (Å²) in [7, 11) is 0. The standard InChI is InChI=1S/C20H21F3N2O.ClH/c21-20(22,23)17-9-7-16(8-10-17)15-5-3-14(4-6-15)11-13-25-19(26)18-2-1-12-24-18;/h3-10,18,24H,1-2,11-13H2,(H,25,26);1H. The number of carbonyl (C=O) groups is 1. The summed E-state index contributed by atoms with van der Waals surface area (Å²) in [5.41, 5.74) is 2.03. The summed E-state index contributed by atoms with van der Waals surface area (Å²) in [6.07, 6.45) is -1.69. The number of benzene rings is 2. The Morgan fingerprint density at radius 3 is 2.15 bits per heavy atom. The van der Waals surface area contributed by atoms with Crippen molar-refractivity contribution in [2.24, 2.45) is 0 Å². The maximum atomic E-state index is 12.6. The van der Waals surface area contributed by atoms with Crippen LogP contribution in [0.3, 0.4) is 0 Å². The van der Waals surface area contributed by atoms with Gasteiger partial charge in [-0.05, 0) is 54.6 Å². The van der Waals surface area contributed by atoms with Crippen LogP contribution in [0.25, 0.3) is 11.1 Å². The zero-order chi connectivity index (χ0) is 18.6. The van der Waals surface area contributed by atoms with Crippen molar-refractivity contribution in [3.05, 3.63) is 59.7 Å². The van der Waals surface area contributed by atoms with E-state index in [2.05, 4.69) is 10.6 Å². The van der Waals surface area contributed by atoms with Gasteiger partial charge in [-0.1, -0.05) is 36.4 Å². The van der Waals surface area contributed by atoms with E-state index in [-0.39, 0.29) is 24.4 Å². The van der Waals surface area contributed by atoms with Crippen molar-refractivity contribution >= 4 is 18.3 Å². The average molecular weight is 399 g/mol. The molecule has 7 heteroatoms. The molecule has 146 valence electrons. The molecule has 3 nitrogen and oxygen atoms in total. The topological polar surface area (TPSA) is 41.1 Å². The molecule has 0 saturated carbocycles. The van der Waals surface area contributed by atoms with Crippen molar-refractivity contribution in [3.8, 4) is 11.1 Å². The Labute approximate surface area is 162 Å². The minimum absolute atomic E-state index is 0. The molecule has 2 aromatic carbocycles. The van der Waals surface area contributed by atoms with E-state index in [1.165, 1.54) is 12.1 Å². The maximum Gasteiger partial charge on any atom is 0.416 e. The lowest BCUT2D eigenvalue weighted by Crippen LogP contribution is -2.41. The van der Waals surface area contributed by atoms with Crippen LogP contribution in [0.2, 0.25) is 0 Å². The van der Waals surface area contributed by atoms with Gasteiger partial charge in [0.05, 0.1) is 11.6 Å². The van der Waals surface area contributed by atoms with Gasteiger partial charge in [-0.3, -0.25) is 4.79 Å². The van der Waals surface area contributed by atoms with Crippen molar-refractivity contribution in [1.29, 1.82) is 0 Å². The third kappa shape index (κ3) is 5.71. The predicted molar refractivity (Wildman–Crippen MR) is 102 cm³/mol. The van der Waals surface area contributed by atoms with Crippen molar-refractivity contribution in [1.82, 2.24) is 10.6 Å². The molecule has 0 aromatic heterocycles. The molecule has 2 N–H and O–H groups in total. The maximum absolute atomic E-state index is 12.6. The van der Waals surface area contributed by atoms with Crippen LogP contribution < -0.4 is 10.6 Å². The zero-order valence-electron chi connectivity index (χ0n) is 14.7. The van der Waals surface area contributed by atoms with Gasteiger partial charge in [-0.15, -0.1) is 12.4 Å². The summed E-state index contributed by atoms with van der Waals surface area (Å²) in [5.74, 6) is 0.0453. The van der Waals surface area contributed by atoms with Crippen LogP contribution in [0.4, 0.5) is 13.2 Å². The normalized spacial score (nSPS) is 16.6. The van der Waals surface area contributed by atoms with E-state index in [9.17, 15) is 18.0 Å². The van der Waals surface area contributed by atoms with E-state index in [0.29, 0.717) is 13.0 Å². The third-order valence-electron chi connectivity index (χ3n) is 4.59. The number of halogens is 4. The molecule has 0 bridgehead atoms. The number of amides is 1. The lowest BCUT2D eigenvalue weighted by molar-refractivity contribution is -0.137. The third-order valence-corrected chi connectivity index (χ3v) is 4.59. The van der Waals surface area contributed by atoms with Gasteiger partial charge in [0.2, 0.25) is 5.91 Å². The highest BCUT2D eigenvalue weighted by Gasteiger charge is 2.29. The summed E-state index contributed by atoms with van der Waals surface area (Å²) in [5, 5.41) is 6.09. The van der Waals surface area contributed by atoms with Crippen molar-refractivity contribution < 1.29 is 18.0 Å². The molecule has 1 aliphatic heterocycles. The molecule has 1 saturated heterocycles. The van der Waals surface area contributed by atoms with Gasteiger partial charge in [-0.25, -0.2) is 0 Å². The average Bonchev–Trinajstić information content (AvgIpc) is 3.16. The Bertz CT molecular complexity index is 739. The van der Waals surface area contributed by atoms with Crippen LogP contribution in [0.15, 0.2) is 48.5 Å². The second-order valence-electron chi connectivity index (χ2n) is 6.46. The van der Waals surface area contributed by atoms with Gasteiger partial charge >= 0.3 is 6.18 Å². The lowest BCUT2D eigenvalue weighted by atomic mass is 10.0. The Balaban J connectivity index is 0.00000261. The van der Waals surface area contributed by atoms with Gasteiger partial charge in [0.15, 0.2) is 0 Å². The Morgan fingerprint density at radius 1 is 1.04 bits per heavy atom. The Morgan fingerprint density at radius 2 is 1.63 bits per heavy atom. The molecule has 1 aliphatic rings. The second kappa shape index (κ2) is 9.24. The van der Waals surface area contributed by atoms with E-state index >= 15 is 0 Å². The van der Waals surface area contributed by atoms with Gasteiger partial charge in [0.25, 0.3) is 0 Å². The van der Waals surface area contributed by atoms with Crippen LogP contribution in [-0.4, -0.2) is 25.0 Å². The summed E-state index contributed by atoms with van der Waals surface area (Å²) < 4.78 is 37.8. The number of rotatable bonds is 5. The Hall–Kier alpha value is -2.05. The number of nitrogens with one attached hydrogen (secondary N) is 2. The molecule has 1 atom stereocenters. The monoisotopic (exact) mass is 398 g/mol. The molecule has 2 aromatic rings. The van der Waals surface area contributed by atoms with E-state index in [4.69, 9.17) is 0 Å². The first-order valence-electron chi connectivity index (χ1n) is 8.71. The Kier molecular flexibility index (Phi) is 7.27. The summed E-state index contributed by atoms with van der Waals surface area (Å²) in [6.45, 7) is 1.46. The van der Waals surface area contributed by atoms with E-state index < -0.39 is 11.7 Å². The number of hydrogen-bond donors (Lipinski definition) is 2. The van der Waals surface area contributed by atoms with Crippen LogP contribution in [-0.2, 0) is 17.4 Å². The highest BCUT2D eigenvalue weighted by Crippen LogP contribution is 2.31. The first-order chi connectivity index (χ1) is 12.4. The van der Waals surface area contributed by atoms with E-state index in [1.807, 2.05) is 24.3 Å². The minimum Gasteiger partial charge on any atom is -0.354 e. The summed E-state index contributed by atoms with van der Waals surface area (Å²) >= 11 is 0. The second-order valence-corrected chi connectivity index (χ2v) is 6.46. The van der Waals surface area contributed by atoms with Gasteiger partial charge in [0.1, 0.15) is 0 Å². The first-order valence-corrected chi connectivity index (χ1v) is 8.71. The van der Waals surface area contributed by atoms with Crippen LogP contribution in [0.1, 0.15) is 24.0 Å². The number of hydrogen-bond acceptors (Lipinski definition) is 2. The van der Waals surface area contributed by atoms with Gasteiger partial charge in [0, 0.05) is 6.54 Å². The molecule has 1 amide bonds. The highest BCUT2D eigenvalue weighted by molar-refractivity contribution is 5.85. The van der Waals surface area contributed by atoms with Gasteiger partial charge < -0.3 is 10.6 Å². The van der Waals surface area contributed by atoms with Crippen molar-refractivity contribution in [2.75, 3.05) is 13.1 Å². The number of carbonyl (C=O) groups excluding carboxylic acids is 1. The lowest BCUT2D eigenvalue weighted by Gasteiger charge is -2.11. The van der Waals surface area contributed by atoms with Crippen LogP contribution >= 0.6 is 12.4 Å². The van der Waals surface area contributed by atoms with Crippen molar-refractivity contribution in [2.45, 2.75) is 31.5 Å². The summed E-state index contributed by atoms with van der Waals surface area (Å²) in [6, 6.07) is 12.7. The first kappa shape index (κ1) is 21.3. The molecule has 1 fully saturated rings. The van der Waals surface area contributed by atoms with Crippen LogP contribution in [0, 0.1) is 0 Å². The highest BCUT2D eigenvalue weighted by atomic mass is 35.5. The molecular weight excluding hydrogens is 377 g/mol. The summed E-state index contributed by atoms with van der Waals surface area (Å²) in [4.78, 5) is 11.9. The quantitative estimate of drug-likeness (QED) is 0.792. The molecule has 0 aliphatic carbocycles. The largest absolute Gasteiger partial charge is 0.416 e. The SMILES string of the molecule is Cl.O=C(NCCc1ccc(-c2ccc(C(F)(F)F)cc2)cc1)C1CCCN1. The molecule has 3 rings (SSSR count). The smallest absolute Gasteiger partial charge is 0.354 e. The van der Waals surface area contributed by atoms with Crippen LogP contribution in [0.5, 0.6) is 0 Å². The molecule has 0 radical (unpaired) electrons. The minimum atomic E-state index is -4.32. The van der Waals surface area contributed by atoms with Gasteiger partial charge in [-0.2, -0.15) is 13.2 Å². The van der Waals surface area contributed by atoms with Crippen molar-refractivity contribution in [3.63, 3.8) is 0 Å². The van der Waals surface area contributed by atoms with E-state index in [0.717, 1.165) is 48.2 Å². The molecule has 27 heavy (non-hydrogen) atoms. The molecule has 1 unspecified atom stereocenters. The zero-order valence-corrected chi connectivity index (χ0v) is 15.5. The fourth-order valence-corrected chi connectivity index (χ4v) is 3.08. The molecular formula is C20H22ClF3N2O. The van der Waals surface area contributed by atoms with E-state index in [1.54, 1.807) is 0 Å². The number of alkyl halides is 3. The fraction of sp³-hybridized carbons (Fsp3) is 0.350. The molecule has 1 heterocycles. The fourth-order valence-electron chi connectivity index (χ4n) is 3.08. The predicted octanol–water partition coefficient (Wildman–Crippen LogP) is 4.20.